The van der Waals surface area contributed by atoms with Crippen molar-refractivity contribution in [3.63, 3.8) is 0 Å². The molecule has 1 aliphatic rings. The van der Waals surface area contributed by atoms with Gasteiger partial charge in [-0.1, -0.05) is 11.8 Å². The van der Waals surface area contributed by atoms with Crippen LogP contribution in [0.15, 0.2) is 29.4 Å². The van der Waals surface area contributed by atoms with Crippen molar-refractivity contribution < 1.29 is 27.1 Å². The maximum Gasteiger partial charge on any atom is 0.405 e. The van der Waals surface area contributed by atoms with E-state index in [9.17, 15) is 22.4 Å². The largest absolute Gasteiger partial charge is 0.405 e. The van der Waals surface area contributed by atoms with Gasteiger partial charge in [-0.25, -0.2) is 4.39 Å². The summed E-state index contributed by atoms with van der Waals surface area (Å²) in [4.78, 5) is 12.0. The van der Waals surface area contributed by atoms with Gasteiger partial charge in [-0.15, -0.1) is 10.2 Å². The molecule has 1 saturated heterocycles. The molecule has 1 fully saturated rings. The Kier molecular flexibility index (Phi) is 6.78. The predicted octanol–water partition coefficient (Wildman–Crippen LogP) is 3.42. The molecular formula is C18H20F4N4O2S. The smallest absolute Gasteiger partial charge is 0.376 e. The Morgan fingerprint density at radius 3 is 2.69 bits per heavy atom. The van der Waals surface area contributed by atoms with Gasteiger partial charge in [-0.3, -0.25) is 9.36 Å². The van der Waals surface area contributed by atoms with Crippen LogP contribution in [0.3, 0.4) is 0 Å². The predicted molar refractivity (Wildman–Crippen MR) is 98.8 cm³/mol. The number of nitrogens with one attached hydrogen (secondary N) is 1. The van der Waals surface area contributed by atoms with E-state index in [0.717, 1.165) is 24.6 Å². The number of halogens is 4. The molecule has 1 aromatic carbocycles. The summed E-state index contributed by atoms with van der Waals surface area (Å²) in [7, 11) is 0. The van der Waals surface area contributed by atoms with Gasteiger partial charge in [0.05, 0.1) is 17.9 Å². The molecule has 158 valence electrons. The first-order valence-corrected chi connectivity index (χ1v) is 9.93. The molecule has 0 bridgehead atoms. The lowest BCUT2D eigenvalue weighted by atomic mass is 10.2. The summed E-state index contributed by atoms with van der Waals surface area (Å²) in [5.74, 6) is -0.656. The van der Waals surface area contributed by atoms with Crippen molar-refractivity contribution in [2.45, 2.75) is 49.0 Å². The van der Waals surface area contributed by atoms with Gasteiger partial charge in [0.25, 0.3) is 0 Å². The first-order chi connectivity index (χ1) is 13.7. The number of carbonyl (C=O) groups is 1. The Labute approximate surface area is 169 Å². The van der Waals surface area contributed by atoms with Gasteiger partial charge >= 0.3 is 6.18 Å². The van der Waals surface area contributed by atoms with Crippen LogP contribution in [0.4, 0.5) is 17.6 Å². The Morgan fingerprint density at radius 1 is 1.34 bits per heavy atom. The first-order valence-electron chi connectivity index (χ1n) is 9.05. The molecule has 1 aromatic heterocycles. The molecule has 0 saturated carbocycles. The monoisotopic (exact) mass is 432 g/mol. The maximum absolute atomic E-state index is 13.3. The van der Waals surface area contributed by atoms with E-state index in [1.807, 2.05) is 5.32 Å². The molecule has 1 amide bonds. The highest BCUT2D eigenvalue weighted by Gasteiger charge is 2.30. The minimum Gasteiger partial charge on any atom is -0.376 e. The summed E-state index contributed by atoms with van der Waals surface area (Å²) in [6.45, 7) is 1.19. The van der Waals surface area contributed by atoms with Crippen molar-refractivity contribution >= 4 is 17.7 Å². The molecule has 2 atom stereocenters. The Hall–Kier alpha value is -2.14. The second-order valence-corrected chi connectivity index (χ2v) is 7.96. The number of thioether (sulfide) groups is 1. The van der Waals surface area contributed by atoms with E-state index in [-0.39, 0.29) is 11.9 Å². The normalized spacial score (nSPS) is 18.0. The van der Waals surface area contributed by atoms with Gasteiger partial charge in [0.1, 0.15) is 12.4 Å². The van der Waals surface area contributed by atoms with Gasteiger partial charge in [0, 0.05) is 12.2 Å². The lowest BCUT2D eigenvalue weighted by molar-refractivity contribution is -0.137. The zero-order chi connectivity index (χ0) is 21.0. The van der Waals surface area contributed by atoms with E-state index in [1.165, 1.54) is 19.1 Å². The Bertz CT molecular complexity index is 835. The van der Waals surface area contributed by atoms with Gasteiger partial charge in [-0.2, -0.15) is 13.2 Å². The topological polar surface area (TPSA) is 69.0 Å². The van der Waals surface area contributed by atoms with E-state index in [1.54, 1.807) is 16.7 Å². The minimum absolute atomic E-state index is 0.0566. The van der Waals surface area contributed by atoms with Crippen molar-refractivity contribution in [1.29, 1.82) is 0 Å². The number of carbonyl (C=O) groups excluding carboxylic acids is 1. The fourth-order valence-corrected chi connectivity index (χ4v) is 3.77. The fourth-order valence-electron chi connectivity index (χ4n) is 2.89. The maximum atomic E-state index is 13.3. The number of alkyl halides is 3. The highest BCUT2D eigenvalue weighted by atomic mass is 32.2. The van der Waals surface area contributed by atoms with Crippen LogP contribution in [0, 0.1) is 5.82 Å². The Morgan fingerprint density at radius 2 is 2.07 bits per heavy atom. The van der Waals surface area contributed by atoms with Crippen LogP contribution in [0.1, 0.15) is 19.8 Å². The summed E-state index contributed by atoms with van der Waals surface area (Å²) in [5.41, 5.74) is 0.637. The third-order valence-electron chi connectivity index (χ3n) is 4.34. The van der Waals surface area contributed by atoms with Crippen LogP contribution in [0.25, 0.3) is 11.4 Å². The van der Waals surface area contributed by atoms with Crippen molar-refractivity contribution in [3.8, 4) is 11.4 Å². The number of benzene rings is 1. The van der Waals surface area contributed by atoms with Crippen LogP contribution in [0.5, 0.6) is 0 Å². The van der Waals surface area contributed by atoms with Crippen LogP contribution >= 0.6 is 11.8 Å². The number of hydrogen-bond acceptors (Lipinski definition) is 5. The van der Waals surface area contributed by atoms with E-state index in [0.29, 0.717) is 29.7 Å². The van der Waals surface area contributed by atoms with E-state index in [2.05, 4.69) is 10.2 Å². The van der Waals surface area contributed by atoms with Crippen LogP contribution < -0.4 is 5.32 Å². The molecule has 11 heteroatoms. The van der Waals surface area contributed by atoms with Crippen LogP contribution in [-0.2, 0) is 16.1 Å². The molecule has 1 N–H and O–H groups in total. The van der Waals surface area contributed by atoms with Gasteiger partial charge in [0.2, 0.25) is 5.91 Å². The summed E-state index contributed by atoms with van der Waals surface area (Å²) in [5, 5.41) is 9.71. The highest BCUT2D eigenvalue weighted by Crippen LogP contribution is 2.29. The summed E-state index contributed by atoms with van der Waals surface area (Å²) in [6, 6.07) is 5.75. The molecule has 2 unspecified atom stereocenters. The molecule has 0 aliphatic carbocycles. The first kappa shape index (κ1) is 21.6. The number of amides is 1. The molecule has 3 rings (SSSR count). The molecule has 2 heterocycles. The van der Waals surface area contributed by atoms with Crippen LogP contribution in [-0.4, -0.2) is 51.4 Å². The lowest BCUT2D eigenvalue weighted by Gasteiger charge is -2.17. The molecule has 6 nitrogen and oxygen atoms in total. The van der Waals surface area contributed by atoms with Gasteiger partial charge in [-0.05, 0) is 44.0 Å². The fraction of sp³-hybridized carbons (Fsp3) is 0.500. The lowest BCUT2D eigenvalue weighted by Crippen LogP contribution is -2.38. The second-order valence-electron chi connectivity index (χ2n) is 6.65. The van der Waals surface area contributed by atoms with Gasteiger partial charge in [0.15, 0.2) is 11.0 Å². The van der Waals surface area contributed by atoms with Crippen molar-refractivity contribution in [2.75, 3.05) is 13.2 Å². The summed E-state index contributed by atoms with van der Waals surface area (Å²) in [6.07, 6.45) is -2.75. The number of nitrogens with zero attached hydrogens (tertiary/aromatic N) is 3. The third-order valence-corrected chi connectivity index (χ3v) is 5.42. The summed E-state index contributed by atoms with van der Waals surface area (Å²) < 4.78 is 57.7. The van der Waals surface area contributed by atoms with Gasteiger partial charge < -0.3 is 10.1 Å². The average molecular weight is 432 g/mol. The molecule has 1 aliphatic heterocycles. The molecule has 0 radical (unpaired) electrons. The third kappa shape index (κ3) is 5.92. The summed E-state index contributed by atoms with van der Waals surface area (Å²) >= 11 is 1.01. The SMILES string of the molecule is CC(Sc1nnc(-c2ccc(F)cc2)n1CC1CCCO1)C(=O)NCC(F)(F)F. The number of rotatable bonds is 7. The molecule has 2 aromatic rings. The molecular weight excluding hydrogens is 412 g/mol. The minimum atomic E-state index is -4.48. The van der Waals surface area contributed by atoms with Crippen LogP contribution in [0.2, 0.25) is 0 Å². The zero-order valence-corrected chi connectivity index (χ0v) is 16.4. The molecule has 29 heavy (non-hydrogen) atoms. The van der Waals surface area contributed by atoms with E-state index >= 15 is 0 Å². The van der Waals surface area contributed by atoms with E-state index < -0.39 is 23.9 Å². The Balaban J connectivity index is 1.79. The number of hydrogen-bond donors (Lipinski definition) is 1. The zero-order valence-electron chi connectivity index (χ0n) is 15.6. The second kappa shape index (κ2) is 9.12. The quantitative estimate of drug-likeness (QED) is 0.536. The standard InChI is InChI=1S/C18H20F4N4O2S/c1-11(16(27)23-10-18(20,21)22)29-17-25-24-15(12-4-6-13(19)7-5-12)26(17)9-14-3-2-8-28-14/h4-7,11,14H,2-3,8-10H2,1H3,(H,23,27). The van der Waals surface area contributed by atoms with Crippen molar-refractivity contribution in [3.05, 3.63) is 30.1 Å². The number of aromatic nitrogens is 3. The molecule has 0 spiro atoms. The van der Waals surface area contributed by atoms with Crippen molar-refractivity contribution in [2.24, 2.45) is 0 Å². The van der Waals surface area contributed by atoms with E-state index in [4.69, 9.17) is 4.74 Å². The van der Waals surface area contributed by atoms with Crippen molar-refractivity contribution in [1.82, 2.24) is 20.1 Å². The number of ether oxygens (including phenoxy) is 1. The average Bonchev–Trinajstić information content (AvgIpc) is 3.31. The highest BCUT2D eigenvalue weighted by molar-refractivity contribution is 8.00.